The van der Waals surface area contributed by atoms with E-state index in [1.165, 1.54) is 0 Å². The Balaban J connectivity index is 3.18. The standard InChI is InChI=1S/C6H2BrF3O2S/c7-2-1-3(5(11)12)13-4(2)6(8,9)10/h1H,(H,11,12). The topological polar surface area (TPSA) is 37.3 Å². The van der Waals surface area contributed by atoms with Gasteiger partial charge in [0, 0.05) is 4.47 Å². The van der Waals surface area contributed by atoms with E-state index in [9.17, 15) is 18.0 Å². The first kappa shape index (κ1) is 10.5. The summed E-state index contributed by atoms with van der Waals surface area (Å²) in [6.07, 6.45) is -4.50. The summed E-state index contributed by atoms with van der Waals surface area (Å²) in [6, 6.07) is 0.940. The molecule has 0 fully saturated rings. The molecule has 0 aliphatic rings. The Hall–Kier alpha value is -0.560. The van der Waals surface area contributed by atoms with Crippen LogP contribution < -0.4 is 0 Å². The lowest BCUT2D eigenvalue weighted by molar-refractivity contribution is -0.134. The maximum absolute atomic E-state index is 12.1. The number of alkyl halides is 3. The summed E-state index contributed by atoms with van der Waals surface area (Å²) in [4.78, 5) is 9.06. The van der Waals surface area contributed by atoms with Crippen LogP contribution in [0.1, 0.15) is 14.5 Å². The average Bonchev–Trinajstić information content (AvgIpc) is 2.29. The fourth-order valence-corrected chi connectivity index (χ4v) is 2.27. The molecule has 1 N–H and O–H groups in total. The minimum absolute atomic E-state index is 0.203. The van der Waals surface area contributed by atoms with Crippen molar-refractivity contribution in [3.63, 3.8) is 0 Å². The van der Waals surface area contributed by atoms with E-state index in [2.05, 4.69) is 15.9 Å². The first-order valence-corrected chi connectivity index (χ1v) is 4.53. The molecule has 72 valence electrons. The van der Waals surface area contributed by atoms with Crippen molar-refractivity contribution in [2.75, 3.05) is 0 Å². The lowest BCUT2D eigenvalue weighted by Crippen LogP contribution is -2.01. The van der Waals surface area contributed by atoms with Gasteiger partial charge in [-0.25, -0.2) is 4.79 Å². The summed E-state index contributed by atoms with van der Waals surface area (Å²) in [5.74, 6) is -1.36. The van der Waals surface area contributed by atoms with Crippen LogP contribution in [-0.4, -0.2) is 11.1 Å². The molecule has 1 heterocycles. The monoisotopic (exact) mass is 274 g/mol. The van der Waals surface area contributed by atoms with E-state index in [-0.39, 0.29) is 20.7 Å². The highest BCUT2D eigenvalue weighted by Crippen LogP contribution is 2.40. The van der Waals surface area contributed by atoms with E-state index in [0.29, 0.717) is 0 Å². The van der Waals surface area contributed by atoms with Gasteiger partial charge in [-0.3, -0.25) is 0 Å². The van der Waals surface area contributed by atoms with Gasteiger partial charge in [0.05, 0.1) is 0 Å². The molecule has 0 radical (unpaired) electrons. The number of carbonyl (C=O) groups is 1. The third kappa shape index (κ3) is 2.22. The largest absolute Gasteiger partial charge is 0.477 e. The van der Waals surface area contributed by atoms with Crippen molar-refractivity contribution in [1.82, 2.24) is 0 Å². The lowest BCUT2D eigenvalue weighted by Gasteiger charge is -2.02. The lowest BCUT2D eigenvalue weighted by atomic mass is 10.4. The number of rotatable bonds is 1. The van der Waals surface area contributed by atoms with Crippen LogP contribution in [0.15, 0.2) is 10.5 Å². The first-order chi connectivity index (χ1) is 5.82. The summed E-state index contributed by atoms with van der Waals surface area (Å²) >= 11 is 2.85. The SMILES string of the molecule is O=C(O)c1cc(Br)c(C(F)(F)F)s1. The number of aromatic carboxylic acids is 1. The van der Waals surface area contributed by atoms with Crippen LogP contribution in [0.2, 0.25) is 0 Å². The molecule has 0 atom stereocenters. The van der Waals surface area contributed by atoms with Crippen molar-refractivity contribution in [3.05, 3.63) is 20.3 Å². The molecule has 0 aliphatic carbocycles. The van der Waals surface area contributed by atoms with Crippen LogP contribution in [0, 0.1) is 0 Å². The minimum Gasteiger partial charge on any atom is -0.477 e. The highest BCUT2D eigenvalue weighted by Gasteiger charge is 2.36. The Labute approximate surface area is 83.1 Å². The number of carboxylic acids is 1. The van der Waals surface area contributed by atoms with Gasteiger partial charge in [-0.1, -0.05) is 0 Å². The Morgan fingerprint density at radius 2 is 2.08 bits per heavy atom. The van der Waals surface area contributed by atoms with Crippen LogP contribution in [-0.2, 0) is 6.18 Å². The number of hydrogen-bond acceptors (Lipinski definition) is 2. The normalized spacial score (nSPS) is 11.7. The summed E-state index contributed by atoms with van der Waals surface area (Å²) in [7, 11) is 0. The highest BCUT2D eigenvalue weighted by atomic mass is 79.9. The van der Waals surface area contributed by atoms with Gasteiger partial charge in [0.2, 0.25) is 0 Å². The maximum atomic E-state index is 12.1. The molecule has 0 spiro atoms. The zero-order chi connectivity index (χ0) is 10.2. The van der Waals surface area contributed by atoms with Gasteiger partial charge < -0.3 is 5.11 Å². The molecule has 0 aromatic carbocycles. The van der Waals surface area contributed by atoms with Gasteiger partial charge in [0.25, 0.3) is 0 Å². The summed E-state index contributed by atoms with van der Waals surface area (Å²) in [5.41, 5.74) is 0. The molecular weight excluding hydrogens is 273 g/mol. The van der Waals surface area contributed by atoms with Crippen molar-refractivity contribution in [3.8, 4) is 0 Å². The van der Waals surface area contributed by atoms with Gasteiger partial charge in [0.15, 0.2) is 0 Å². The van der Waals surface area contributed by atoms with Crippen LogP contribution in [0.3, 0.4) is 0 Å². The summed E-state index contributed by atoms with van der Waals surface area (Å²) in [6.45, 7) is 0. The molecule has 0 saturated carbocycles. The van der Waals surface area contributed by atoms with Crippen molar-refractivity contribution < 1.29 is 23.1 Å². The van der Waals surface area contributed by atoms with Crippen LogP contribution in [0.4, 0.5) is 13.2 Å². The molecule has 0 bridgehead atoms. The number of thiophene rings is 1. The second-order valence-corrected chi connectivity index (χ2v) is 4.00. The molecule has 0 aliphatic heterocycles. The van der Waals surface area contributed by atoms with Crippen LogP contribution >= 0.6 is 27.3 Å². The van der Waals surface area contributed by atoms with Gasteiger partial charge in [0.1, 0.15) is 9.75 Å². The molecule has 1 rings (SSSR count). The second kappa shape index (κ2) is 3.30. The van der Waals surface area contributed by atoms with Crippen molar-refractivity contribution in [2.24, 2.45) is 0 Å². The molecule has 1 aromatic rings. The predicted molar refractivity (Wildman–Crippen MR) is 44.0 cm³/mol. The zero-order valence-corrected chi connectivity index (χ0v) is 8.26. The third-order valence-electron chi connectivity index (χ3n) is 1.16. The Morgan fingerprint density at radius 3 is 2.31 bits per heavy atom. The zero-order valence-electron chi connectivity index (χ0n) is 5.85. The number of carboxylic acid groups (broad SMARTS) is 1. The number of halogens is 4. The quantitative estimate of drug-likeness (QED) is 0.854. The van der Waals surface area contributed by atoms with Crippen molar-refractivity contribution >= 4 is 33.2 Å². The van der Waals surface area contributed by atoms with Gasteiger partial charge >= 0.3 is 12.1 Å². The fourth-order valence-electron chi connectivity index (χ4n) is 0.667. The van der Waals surface area contributed by atoms with Crippen molar-refractivity contribution in [2.45, 2.75) is 6.18 Å². The van der Waals surface area contributed by atoms with Crippen LogP contribution in [0.5, 0.6) is 0 Å². The van der Waals surface area contributed by atoms with E-state index in [0.717, 1.165) is 6.07 Å². The maximum Gasteiger partial charge on any atom is 0.426 e. The fraction of sp³-hybridized carbons (Fsp3) is 0.167. The van der Waals surface area contributed by atoms with E-state index >= 15 is 0 Å². The Morgan fingerprint density at radius 1 is 1.54 bits per heavy atom. The van der Waals surface area contributed by atoms with Crippen LogP contribution in [0.25, 0.3) is 0 Å². The second-order valence-electron chi connectivity index (χ2n) is 2.09. The van der Waals surface area contributed by atoms with E-state index in [1.54, 1.807) is 0 Å². The Bertz CT molecular complexity index is 344. The summed E-state index contributed by atoms with van der Waals surface area (Å²) in [5, 5.41) is 8.41. The molecular formula is C6H2BrF3O2S. The molecule has 0 saturated heterocycles. The van der Waals surface area contributed by atoms with Crippen molar-refractivity contribution in [1.29, 1.82) is 0 Å². The molecule has 0 amide bonds. The highest BCUT2D eigenvalue weighted by molar-refractivity contribution is 9.10. The van der Waals surface area contributed by atoms with Gasteiger partial charge in [-0.15, -0.1) is 11.3 Å². The first-order valence-electron chi connectivity index (χ1n) is 2.92. The predicted octanol–water partition coefficient (Wildman–Crippen LogP) is 3.23. The smallest absolute Gasteiger partial charge is 0.426 e. The summed E-state index contributed by atoms with van der Waals surface area (Å²) < 4.78 is 36.1. The molecule has 0 unspecified atom stereocenters. The van der Waals surface area contributed by atoms with E-state index < -0.39 is 17.0 Å². The van der Waals surface area contributed by atoms with E-state index in [4.69, 9.17) is 5.11 Å². The number of hydrogen-bond donors (Lipinski definition) is 1. The van der Waals surface area contributed by atoms with Gasteiger partial charge in [-0.05, 0) is 22.0 Å². The Kier molecular flexibility index (Phi) is 2.67. The van der Waals surface area contributed by atoms with Gasteiger partial charge in [-0.2, -0.15) is 13.2 Å². The molecule has 13 heavy (non-hydrogen) atoms. The third-order valence-corrected chi connectivity index (χ3v) is 3.21. The molecule has 1 aromatic heterocycles. The van der Waals surface area contributed by atoms with E-state index in [1.807, 2.05) is 0 Å². The minimum atomic E-state index is -4.50. The molecule has 2 nitrogen and oxygen atoms in total. The molecule has 7 heteroatoms. The average molecular weight is 275 g/mol.